The molecule has 2 aliphatic heterocycles. The summed E-state index contributed by atoms with van der Waals surface area (Å²) in [4.78, 5) is 31.3. The van der Waals surface area contributed by atoms with Crippen LogP contribution in [-0.2, 0) is 9.63 Å². The van der Waals surface area contributed by atoms with E-state index in [2.05, 4.69) is 51.0 Å². The number of piperazine rings is 1. The van der Waals surface area contributed by atoms with Crippen molar-refractivity contribution in [1.82, 2.24) is 14.9 Å². The van der Waals surface area contributed by atoms with Crippen molar-refractivity contribution in [3.8, 4) is 5.75 Å². The van der Waals surface area contributed by atoms with E-state index in [0.717, 1.165) is 31.4 Å². The van der Waals surface area contributed by atoms with Gasteiger partial charge < -0.3 is 25.2 Å². The van der Waals surface area contributed by atoms with Crippen molar-refractivity contribution in [3.05, 3.63) is 72.6 Å². The lowest BCUT2D eigenvalue weighted by molar-refractivity contribution is -0.111. The summed E-state index contributed by atoms with van der Waals surface area (Å²) in [5.74, 6) is -0.843. The summed E-state index contributed by atoms with van der Waals surface area (Å²) in [5, 5.41) is 7.64. The molecule has 1 aromatic heterocycles. The van der Waals surface area contributed by atoms with E-state index < -0.39 is 17.7 Å². The number of aromatic nitrogens is 2. The van der Waals surface area contributed by atoms with Gasteiger partial charge in [0.2, 0.25) is 5.91 Å². The number of carbonyl (C=O) groups excluding carboxylic acids is 1. The third kappa shape index (κ3) is 5.93. The number of rotatable bonds is 8. The van der Waals surface area contributed by atoms with Crippen LogP contribution in [0.2, 0.25) is 0 Å². The van der Waals surface area contributed by atoms with Crippen molar-refractivity contribution >= 4 is 34.6 Å². The van der Waals surface area contributed by atoms with Crippen LogP contribution in [0.3, 0.4) is 0 Å². The van der Waals surface area contributed by atoms with Gasteiger partial charge in [0.05, 0.1) is 36.8 Å². The fourth-order valence-corrected chi connectivity index (χ4v) is 5.28. The molecule has 0 radical (unpaired) electrons. The average Bonchev–Trinajstić information content (AvgIpc) is 3.45. The quantitative estimate of drug-likeness (QED) is 0.379. The van der Waals surface area contributed by atoms with Crippen LogP contribution < -0.4 is 25.3 Å². The minimum Gasteiger partial charge on any atom is -0.494 e. The van der Waals surface area contributed by atoms with E-state index in [9.17, 15) is 13.6 Å². The van der Waals surface area contributed by atoms with E-state index >= 15 is 0 Å². The predicted molar refractivity (Wildman–Crippen MR) is 154 cm³/mol. The van der Waals surface area contributed by atoms with E-state index in [4.69, 9.17) is 9.57 Å². The number of hydroxylamine groups is 1. The maximum atomic E-state index is 14.6. The Morgan fingerprint density at radius 2 is 2.02 bits per heavy atom. The van der Waals surface area contributed by atoms with E-state index in [0.29, 0.717) is 41.8 Å². The smallest absolute Gasteiger partial charge is 0.247 e. The van der Waals surface area contributed by atoms with Crippen molar-refractivity contribution in [3.63, 3.8) is 0 Å². The minimum atomic E-state index is -0.916. The number of methoxy groups -OCH3 is 1. The highest BCUT2D eigenvalue weighted by atomic mass is 19.2. The molecule has 10 nitrogen and oxygen atoms in total. The summed E-state index contributed by atoms with van der Waals surface area (Å²) < 4.78 is 34.3. The number of halogens is 2. The molecule has 2 saturated heterocycles. The van der Waals surface area contributed by atoms with Crippen molar-refractivity contribution in [1.29, 1.82) is 0 Å². The molecule has 0 aliphatic carbocycles. The first-order valence-corrected chi connectivity index (χ1v) is 13.3. The summed E-state index contributed by atoms with van der Waals surface area (Å²) in [7, 11) is 3.66. The van der Waals surface area contributed by atoms with Crippen molar-refractivity contribution in [2.24, 2.45) is 0 Å². The Hall–Kier alpha value is -4.29. The number of ether oxygens (including phenoxy) is 1. The predicted octanol–water partition coefficient (Wildman–Crippen LogP) is 4.65. The first kappa shape index (κ1) is 28.2. The molecular formula is C29H33F2N7O3. The lowest BCUT2D eigenvalue weighted by Gasteiger charge is -2.40. The van der Waals surface area contributed by atoms with E-state index in [1.807, 2.05) is 6.07 Å². The van der Waals surface area contributed by atoms with Crippen LogP contribution in [0.15, 0.2) is 55.4 Å². The van der Waals surface area contributed by atoms with Crippen molar-refractivity contribution in [2.75, 3.05) is 61.0 Å². The van der Waals surface area contributed by atoms with E-state index in [-0.39, 0.29) is 17.5 Å². The van der Waals surface area contributed by atoms with Gasteiger partial charge in [-0.3, -0.25) is 9.63 Å². The van der Waals surface area contributed by atoms with Gasteiger partial charge in [-0.1, -0.05) is 18.7 Å². The number of carbonyl (C=O) groups is 1. The highest BCUT2D eigenvalue weighted by molar-refractivity contribution is 6.02. The Balaban J connectivity index is 1.46. The molecule has 2 atom stereocenters. The Labute approximate surface area is 237 Å². The van der Waals surface area contributed by atoms with Gasteiger partial charge in [0, 0.05) is 49.8 Å². The zero-order chi connectivity index (χ0) is 29.1. The number of anilines is 5. The number of amides is 1. The SMILES string of the molecule is C=CC(=O)Nc1cc(Nc2cc(N3OCCC3c3cccc(F)c3F)ncn2)c(OC)cc1N1CCN(C)CC1C. The van der Waals surface area contributed by atoms with Gasteiger partial charge in [0.1, 0.15) is 17.9 Å². The van der Waals surface area contributed by atoms with Crippen LogP contribution in [0.25, 0.3) is 0 Å². The van der Waals surface area contributed by atoms with Crippen LogP contribution in [-0.4, -0.2) is 67.2 Å². The molecule has 2 N–H and O–H groups in total. The highest BCUT2D eigenvalue weighted by Crippen LogP contribution is 2.41. The maximum absolute atomic E-state index is 14.6. The number of likely N-dealkylation sites (N-methyl/N-ethyl adjacent to an activating group) is 1. The van der Waals surface area contributed by atoms with Crippen LogP contribution in [0.5, 0.6) is 5.75 Å². The molecule has 3 heterocycles. The number of nitrogens with one attached hydrogen (secondary N) is 2. The fraction of sp³-hybridized carbons (Fsp3) is 0.345. The molecule has 3 aromatic rings. The second-order valence-electron chi connectivity index (χ2n) is 10.1. The Kier molecular flexibility index (Phi) is 8.31. The summed E-state index contributed by atoms with van der Waals surface area (Å²) in [5.41, 5.74) is 2.16. The first-order chi connectivity index (χ1) is 19.8. The molecule has 1 amide bonds. The molecule has 0 spiro atoms. The van der Waals surface area contributed by atoms with Gasteiger partial charge in [-0.2, -0.15) is 0 Å². The van der Waals surface area contributed by atoms with Crippen LogP contribution in [0.4, 0.5) is 37.5 Å². The zero-order valence-electron chi connectivity index (χ0n) is 23.2. The summed E-state index contributed by atoms with van der Waals surface area (Å²) in [6.45, 7) is 8.58. The van der Waals surface area contributed by atoms with E-state index in [1.165, 1.54) is 29.6 Å². The minimum absolute atomic E-state index is 0.189. The van der Waals surface area contributed by atoms with Crippen molar-refractivity contribution < 1.29 is 23.1 Å². The molecule has 41 heavy (non-hydrogen) atoms. The molecular weight excluding hydrogens is 532 g/mol. The summed E-state index contributed by atoms with van der Waals surface area (Å²) >= 11 is 0. The first-order valence-electron chi connectivity index (χ1n) is 13.3. The topological polar surface area (TPSA) is 95.1 Å². The number of hydrogen-bond acceptors (Lipinski definition) is 9. The monoisotopic (exact) mass is 565 g/mol. The zero-order valence-corrected chi connectivity index (χ0v) is 23.2. The Morgan fingerprint density at radius 1 is 1.20 bits per heavy atom. The standard InChI is InChI=1S/C29H33F2N7O3/c1-5-28(39)35-21-13-22(25(40-4)14-24(21)37-11-10-36(3)16-18(37)2)34-26-15-27(33-17-32-26)38-23(9-12-41-38)19-7-6-8-20(30)29(19)31/h5-8,13-15,17-18,23H,1,9-12,16H2,2-4H3,(H,35,39)(H,32,33,34). The largest absolute Gasteiger partial charge is 0.494 e. The third-order valence-corrected chi connectivity index (χ3v) is 7.29. The van der Waals surface area contributed by atoms with Crippen LogP contribution >= 0.6 is 0 Å². The van der Waals surface area contributed by atoms with Crippen LogP contribution in [0, 0.1) is 11.6 Å². The average molecular weight is 566 g/mol. The number of hydrogen-bond donors (Lipinski definition) is 2. The lowest BCUT2D eigenvalue weighted by Crippen LogP contribution is -2.50. The molecule has 0 bridgehead atoms. The normalized spacial score (nSPS) is 19.2. The second kappa shape index (κ2) is 12.1. The Morgan fingerprint density at radius 3 is 2.78 bits per heavy atom. The fourth-order valence-electron chi connectivity index (χ4n) is 5.28. The number of nitrogens with zero attached hydrogens (tertiary/aromatic N) is 5. The molecule has 0 saturated carbocycles. The molecule has 2 aliphatic rings. The molecule has 5 rings (SSSR count). The third-order valence-electron chi connectivity index (χ3n) is 7.29. The van der Waals surface area contributed by atoms with Gasteiger partial charge in [-0.15, -0.1) is 0 Å². The van der Waals surface area contributed by atoms with Gasteiger partial charge >= 0.3 is 0 Å². The molecule has 12 heteroatoms. The Bertz CT molecular complexity index is 1440. The second-order valence-corrected chi connectivity index (χ2v) is 10.1. The molecule has 2 aromatic carbocycles. The summed E-state index contributed by atoms with van der Waals surface area (Å²) in [6, 6.07) is 9.06. The van der Waals surface area contributed by atoms with Gasteiger partial charge in [0.25, 0.3) is 0 Å². The van der Waals surface area contributed by atoms with Gasteiger partial charge in [-0.05, 0) is 32.2 Å². The summed E-state index contributed by atoms with van der Waals surface area (Å²) in [6.07, 6.45) is 3.03. The molecule has 2 fully saturated rings. The highest BCUT2D eigenvalue weighted by Gasteiger charge is 2.32. The van der Waals surface area contributed by atoms with Gasteiger partial charge in [0.15, 0.2) is 17.5 Å². The lowest BCUT2D eigenvalue weighted by atomic mass is 10.0. The maximum Gasteiger partial charge on any atom is 0.247 e. The molecule has 216 valence electrons. The van der Waals surface area contributed by atoms with Crippen molar-refractivity contribution in [2.45, 2.75) is 25.4 Å². The van der Waals surface area contributed by atoms with Crippen LogP contribution in [0.1, 0.15) is 24.9 Å². The number of benzene rings is 2. The van der Waals surface area contributed by atoms with Gasteiger partial charge in [-0.25, -0.2) is 23.8 Å². The molecule has 2 unspecified atom stereocenters. The van der Waals surface area contributed by atoms with E-state index in [1.54, 1.807) is 19.2 Å².